The van der Waals surface area contributed by atoms with E-state index < -0.39 is 0 Å². The van der Waals surface area contributed by atoms with Crippen LogP contribution in [0.4, 0.5) is 4.39 Å². The zero-order valence-corrected chi connectivity index (χ0v) is 12.7. The molecule has 0 aliphatic rings. The van der Waals surface area contributed by atoms with Crippen LogP contribution < -0.4 is 5.32 Å². The molecule has 0 saturated carbocycles. The van der Waals surface area contributed by atoms with E-state index in [0.29, 0.717) is 12.0 Å². The van der Waals surface area contributed by atoms with E-state index in [2.05, 4.69) is 42.2 Å². The van der Waals surface area contributed by atoms with Crippen molar-refractivity contribution in [2.24, 2.45) is 5.92 Å². The van der Waals surface area contributed by atoms with Crippen LogP contribution in [0.5, 0.6) is 0 Å². The Balaban J connectivity index is 2.17. The van der Waals surface area contributed by atoms with E-state index in [1.807, 2.05) is 20.0 Å². The molecule has 0 spiro atoms. The predicted octanol–water partition coefficient (Wildman–Crippen LogP) is 3.90. The summed E-state index contributed by atoms with van der Waals surface area (Å²) in [6, 6.07) is 7.50. The first-order valence-electron chi connectivity index (χ1n) is 7.09. The largest absolute Gasteiger partial charge is 0.350 e. The van der Waals surface area contributed by atoms with Crippen LogP contribution in [-0.2, 0) is 6.54 Å². The van der Waals surface area contributed by atoms with E-state index in [1.54, 1.807) is 6.07 Å². The number of aryl methyl sites for hydroxylation is 1. The highest BCUT2D eigenvalue weighted by atomic mass is 19.1. The van der Waals surface area contributed by atoms with Gasteiger partial charge in [0.25, 0.3) is 0 Å². The van der Waals surface area contributed by atoms with Crippen molar-refractivity contribution in [2.75, 3.05) is 7.05 Å². The van der Waals surface area contributed by atoms with E-state index in [0.717, 1.165) is 17.7 Å². The molecule has 0 bridgehead atoms. The van der Waals surface area contributed by atoms with Gasteiger partial charge in [0, 0.05) is 25.0 Å². The maximum atomic E-state index is 13.1. The van der Waals surface area contributed by atoms with Crippen LogP contribution in [0, 0.1) is 18.7 Å². The third-order valence-electron chi connectivity index (χ3n) is 3.77. The van der Waals surface area contributed by atoms with Gasteiger partial charge in [0.15, 0.2) is 0 Å². The number of halogens is 1. The lowest BCUT2D eigenvalue weighted by atomic mass is 9.99. The minimum absolute atomic E-state index is 0.172. The van der Waals surface area contributed by atoms with Gasteiger partial charge >= 0.3 is 0 Å². The van der Waals surface area contributed by atoms with Crippen molar-refractivity contribution in [3.05, 3.63) is 59.2 Å². The molecule has 1 heterocycles. The SMILES string of the molecule is CNC(c1ccn(Cc2ccc(F)cc2C)c1)C(C)C. The molecule has 1 aromatic heterocycles. The number of hydrogen-bond acceptors (Lipinski definition) is 1. The van der Waals surface area contributed by atoms with Crippen molar-refractivity contribution in [1.29, 1.82) is 0 Å². The van der Waals surface area contributed by atoms with Crippen molar-refractivity contribution in [3.8, 4) is 0 Å². The number of nitrogens with one attached hydrogen (secondary N) is 1. The van der Waals surface area contributed by atoms with Crippen LogP contribution in [0.3, 0.4) is 0 Å². The monoisotopic (exact) mass is 274 g/mol. The normalized spacial score (nSPS) is 12.9. The fraction of sp³-hybridized carbons (Fsp3) is 0.412. The molecular weight excluding hydrogens is 251 g/mol. The molecule has 2 aromatic rings. The second-order valence-electron chi connectivity index (χ2n) is 5.70. The highest BCUT2D eigenvalue weighted by Gasteiger charge is 2.14. The molecule has 1 N–H and O–H groups in total. The van der Waals surface area contributed by atoms with Crippen LogP contribution >= 0.6 is 0 Å². The molecule has 3 heteroatoms. The minimum atomic E-state index is -0.172. The van der Waals surface area contributed by atoms with Crippen molar-refractivity contribution in [1.82, 2.24) is 9.88 Å². The van der Waals surface area contributed by atoms with E-state index in [4.69, 9.17) is 0 Å². The molecule has 1 atom stereocenters. The lowest BCUT2D eigenvalue weighted by Crippen LogP contribution is -2.21. The van der Waals surface area contributed by atoms with Crippen molar-refractivity contribution >= 4 is 0 Å². The summed E-state index contributed by atoms with van der Waals surface area (Å²) in [5, 5.41) is 3.35. The summed E-state index contributed by atoms with van der Waals surface area (Å²) in [7, 11) is 1.99. The Morgan fingerprint density at radius 3 is 2.60 bits per heavy atom. The summed E-state index contributed by atoms with van der Waals surface area (Å²) < 4.78 is 15.3. The van der Waals surface area contributed by atoms with Crippen LogP contribution in [0.15, 0.2) is 36.7 Å². The van der Waals surface area contributed by atoms with E-state index in [-0.39, 0.29) is 5.82 Å². The van der Waals surface area contributed by atoms with Gasteiger partial charge in [-0.1, -0.05) is 19.9 Å². The summed E-state index contributed by atoms with van der Waals surface area (Å²) in [6.45, 7) is 7.15. The van der Waals surface area contributed by atoms with Crippen LogP contribution in [-0.4, -0.2) is 11.6 Å². The van der Waals surface area contributed by atoms with Crippen molar-refractivity contribution < 1.29 is 4.39 Å². The molecule has 0 aliphatic heterocycles. The Kier molecular flexibility index (Phi) is 4.61. The first kappa shape index (κ1) is 14.8. The van der Waals surface area contributed by atoms with Crippen molar-refractivity contribution in [3.63, 3.8) is 0 Å². The van der Waals surface area contributed by atoms with Gasteiger partial charge in [-0.25, -0.2) is 4.39 Å². The standard InChI is InChI=1S/C17H23FN2/c1-12(2)17(19-4)15-7-8-20(11-15)10-14-5-6-16(18)9-13(14)3/h5-9,11-12,17,19H,10H2,1-4H3. The lowest BCUT2D eigenvalue weighted by molar-refractivity contribution is 0.442. The molecule has 108 valence electrons. The Hall–Kier alpha value is -1.61. The predicted molar refractivity (Wildman–Crippen MR) is 81.3 cm³/mol. The molecule has 0 aliphatic carbocycles. The molecule has 0 saturated heterocycles. The van der Waals surface area contributed by atoms with Crippen molar-refractivity contribution in [2.45, 2.75) is 33.4 Å². The molecule has 0 amide bonds. The number of benzene rings is 1. The molecule has 0 fully saturated rings. The highest BCUT2D eigenvalue weighted by molar-refractivity contribution is 5.27. The Morgan fingerprint density at radius 2 is 2.00 bits per heavy atom. The summed E-state index contributed by atoms with van der Waals surface area (Å²) in [6.07, 6.45) is 4.26. The maximum absolute atomic E-state index is 13.1. The second-order valence-corrected chi connectivity index (χ2v) is 5.70. The fourth-order valence-corrected chi connectivity index (χ4v) is 2.66. The molecule has 2 rings (SSSR count). The van der Waals surface area contributed by atoms with Gasteiger partial charge in [-0.05, 0) is 54.8 Å². The quantitative estimate of drug-likeness (QED) is 0.875. The molecule has 20 heavy (non-hydrogen) atoms. The minimum Gasteiger partial charge on any atom is -0.350 e. The van der Waals surface area contributed by atoms with Gasteiger partial charge in [0.1, 0.15) is 5.82 Å². The topological polar surface area (TPSA) is 17.0 Å². The summed E-state index contributed by atoms with van der Waals surface area (Å²) >= 11 is 0. The van der Waals surface area contributed by atoms with Gasteiger partial charge in [0.2, 0.25) is 0 Å². The summed E-state index contributed by atoms with van der Waals surface area (Å²) in [5.74, 6) is 0.373. The Labute approximate surface area is 120 Å². The fourth-order valence-electron chi connectivity index (χ4n) is 2.66. The number of nitrogens with zero attached hydrogens (tertiary/aromatic N) is 1. The lowest BCUT2D eigenvalue weighted by Gasteiger charge is -2.18. The molecule has 0 radical (unpaired) electrons. The van der Waals surface area contributed by atoms with E-state index in [9.17, 15) is 4.39 Å². The first-order valence-corrected chi connectivity index (χ1v) is 7.09. The summed E-state index contributed by atoms with van der Waals surface area (Å²) in [5.41, 5.74) is 3.44. The second kappa shape index (κ2) is 6.23. The third-order valence-corrected chi connectivity index (χ3v) is 3.77. The van der Waals surface area contributed by atoms with E-state index >= 15 is 0 Å². The van der Waals surface area contributed by atoms with Crippen LogP contribution in [0.2, 0.25) is 0 Å². The number of rotatable bonds is 5. The Morgan fingerprint density at radius 1 is 1.25 bits per heavy atom. The molecule has 1 unspecified atom stereocenters. The average molecular weight is 274 g/mol. The van der Waals surface area contributed by atoms with Gasteiger partial charge in [0.05, 0.1) is 0 Å². The molecule has 2 nitrogen and oxygen atoms in total. The maximum Gasteiger partial charge on any atom is 0.123 e. The number of hydrogen-bond donors (Lipinski definition) is 1. The third kappa shape index (κ3) is 3.28. The Bertz CT molecular complexity index is 572. The summed E-state index contributed by atoms with van der Waals surface area (Å²) in [4.78, 5) is 0. The molecular formula is C17H23FN2. The average Bonchev–Trinajstić information content (AvgIpc) is 2.81. The number of aromatic nitrogens is 1. The highest BCUT2D eigenvalue weighted by Crippen LogP contribution is 2.22. The zero-order chi connectivity index (χ0) is 14.7. The van der Waals surface area contributed by atoms with Gasteiger partial charge in [-0.2, -0.15) is 0 Å². The smallest absolute Gasteiger partial charge is 0.123 e. The zero-order valence-electron chi connectivity index (χ0n) is 12.7. The first-order chi connectivity index (χ1) is 9.51. The van der Waals surface area contributed by atoms with Gasteiger partial charge < -0.3 is 9.88 Å². The van der Waals surface area contributed by atoms with Crippen LogP contribution in [0.25, 0.3) is 0 Å². The molecule has 1 aromatic carbocycles. The van der Waals surface area contributed by atoms with Gasteiger partial charge in [-0.15, -0.1) is 0 Å². The van der Waals surface area contributed by atoms with Gasteiger partial charge in [-0.3, -0.25) is 0 Å². The van der Waals surface area contributed by atoms with E-state index in [1.165, 1.54) is 11.6 Å². The van der Waals surface area contributed by atoms with Crippen LogP contribution in [0.1, 0.15) is 36.6 Å².